The quantitative estimate of drug-likeness (QED) is 0.346. The Morgan fingerprint density at radius 1 is 0.944 bits per heavy atom. The molecular weight excluding hydrogens is 458 g/mol. The van der Waals surface area contributed by atoms with E-state index in [-0.39, 0.29) is 18.1 Å². The van der Waals surface area contributed by atoms with E-state index in [2.05, 4.69) is 22.0 Å². The van der Waals surface area contributed by atoms with Crippen molar-refractivity contribution in [1.29, 1.82) is 0 Å². The lowest BCUT2D eigenvalue weighted by atomic mass is 10.1. The number of benzene rings is 3. The fourth-order valence-electron chi connectivity index (χ4n) is 4.60. The van der Waals surface area contributed by atoms with Crippen molar-refractivity contribution in [2.45, 2.75) is 13.5 Å². The summed E-state index contributed by atoms with van der Waals surface area (Å²) in [6.45, 7) is 2.75. The Kier molecular flexibility index (Phi) is 5.07. The highest BCUT2D eigenvalue weighted by Crippen LogP contribution is 2.36. The van der Waals surface area contributed by atoms with Crippen molar-refractivity contribution in [3.8, 4) is 11.5 Å². The normalized spacial score (nSPS) is 16.2. The molecule has 6 rings (SSSR count). The first-order valence-electron chi connectivity index (χ1n) is 11.4. The Balaban J connectivity index is 1.40. The van der Waals surface area contributed by atoms with Crippen molar-refractivity contribution >= 4 is 40.5 Å². The van der Waals surface area contributed by atoms with Gasteiger partial charge >= 0.3 is 6.03 Å². The number of amides is 4. The van der Waals surface area contributed by atoms with Gasteiger partial charge in [-0.25, -0.2) is 9.69 Å². The van der Waals surface area contributed by atoms with Crippen LogP contribution in [-0.4, -0.2) is 29.2 Å². The molecule has 1 aromatic heterocycles. The molecule has 178 valence electrons. The predicted octanol–water partition coefficient (Wildman–Crippen LogP) is 4.39. The van der Waals surface area contributed by atoms with Gasteiger partial charge in [0.1, 0.15) is 5.57 Å². The third-order valence-electron chi connectivity index (χ3n) is 6.27. The number of imide groups is 2. The van der Waals surface area contributed by atoms with Crippen molar-refractivity contribution < 1.29 is 23.9 Å². The largest absolute Gasteiger partial charge is 0.454 e. The predicted molar refractivity (Wildman–Crippen MR) is 134 cm³/mol. The number of urea groups is 1. The number of nitrogens with one attached hydrogen (secondary N) is 1. The second-order valence-electron chi connectivity index (χ2n) is 8.71. The van der Waals surface area contributed by atoms with Gasteiger partial charge in [-0.3, -0.25) is 14.9 Å². The lowest BCUT2D eigenvalue weighted by molar-refractivity contribution is -0.122. The number of hydrogen-bond donors (Lipinski definition) is 1. The zero-order valence-electron chi connectivity index (χ0n) is 19.4. The average molecular weight is 479 g/mol. The molecule has 8 heteroatoms. The number of nitrogens with zero attached hydrogens (tertiary/aromatic N) is 2. The van der Waals surface area contributed by atoms with Crippen molar-refractivity contribution in [3.63, 3.8) is 0 Å². The number of para-hydroxylation sites is 1. The molecule has 0 spiro atoms. The van der Waals surface area contributed by atoms with Crippen LogP contribution in [0.3, 0.4) is 0 Å². The lowest BCUT2D eigenvalue weighted by Gasteiger charge is -2.26. The van der Waals surface area contributed by atoms with E-state index in [0.717, 1.165) is 21.4 Å². The first-order chi connectivity index (χ1) is 17.5. The molecule has 1 N–H and O–H groups in total. The van der Waals surface area contributed by atoms with Crippen molar-refractivity contribution in [2.75, 3.05) is 11.7 Å². The van der Waals surface area contributed by atoms with Gasteiger partial charge in [-0.15, -0.1) is 0 Å². The van der Waals surface area contributed by atoms with E-state index in [0.29, 0.717) is 23.6 Å². The van der Waals surface area contributed by atoms with Gasteiger partial charge in [-0.05, 0) is 36.8 Å². The fourth-order valence-corrected chi connectivity index (χ4v) is 4.60. The zero-order chi connectivity index (χ0) is 24.8. The van der Waals surface area contributed by atoms with Crippen LogP contribution in [-0.2, 0) is 16.1 Å². The topological polar surface area (TPSA) is 89.9 Å². The molecule has 0 aliphatic carbocycles. The molecule has 4 aromatic rings. The summed E-state index contributed by atoms with van der Waals surface area (Å²) in [7, 11) is 0. The fraction of sp³-hybridized carbons (Fsp3) is 0.107. The lowest BCUT2D eigenvalue weighted by Crippen LogP contribution is -2.54. The second kappa shape index (κ2) is 8.42. The highest BCUT2D eigenvalue weighted by molar-refractivity contribution is 6.39. The number of fused-ring (bicyclic) bond motifs is 2. The van der Waals surface area contributed by atoms with Gasteiger partial charge in [0.05, 0.1) is 5.69 Å². The first kappa shape index (κ1) is 21.7. The van der Waals surface area contributed by atoms with Gasteiger partial charge in [0.15, 0.2) is 11.5 Å². The van der Waals surface area contributed by atoms with Crippen LogP contribution in [0.2, 0.25) is 0 Å². The molecule has 2 aliphatic rings. The SMILES string of the molecule is Cc1cccc(Cn2cc(/C=C3\C(=O)NC(=O)N(c4ccc5c(c4)OCO5)C3=O)c3ccccc32)c1. The van der Waals surface area contributed by atoms with E-state index in [1.165, 1.54) is 5.56 Å². The van der Waals surface area contributed by atoms with E-state index in [1.807, 2.05) is 49.5 Å². The second-order valence-corrected chi connectivity index (χ2v) is 8.71. The summed E-state index contributed by atoms with van der Waals surface area (Å²) in [5, 5.41) is 3.17. The van der Waals surface area contributed by atoms with Gasteiger partial charge in [0.25, 0.3) is 11.8 Å². The minimum absolute atomic E-state index is 0.0647. The first-order valence-corrected chi connectivity index (χ1v) is 11.4. The van der Waals surface area contributed by atoms with E-state index < -0.39 is 17.8 Å². The smallest absolute Gasteiger partial charge is 0.335 e. The van der Waals surface area contributed by atoms with Crippen LogP contribution in [0.4, 0.5) is 10.5 Å². The maximum Gasteiger partial charge on any atom is 0.335 e. The third kappa shape index (κ3) is 3.69. The van der Waals surface area contributed by atoms with E-state index >= 15 is 0 Å². The number of carbonyl (C=O) groups excluding carboxylic acids is 3. The highest BCUT2D eigenvalue weighted by Gasteiger charge is 2.37. The van der Waals surface area contributed by atoms with E-state index in [1.54, 1.807) is 24.3 Å². The molecule has 1 fully saturated rings. The summed E-state index contributed by atoms with van der Waals surface area (Å²) in [5.74, 6) is -0.498. The Hall–Kier alpha value is -4.85. The zero-order valence-corrected chi connectivity index (χ0v) is 19.4. The molecule has 2 aliphatic heterocycles. The number of rotatable bonds is 4. The maximum absolute atomic E-state index is 13.4. The van der Waals surface area contributed by atoms with Crippen LogP contribution >= 0.6 is 0 Å². The summed E-state index contributed by atoms with van der Waals surface area (Å²) >= 11 is 0. The van der Waals surface area contributed by atoms with Crippen molar-refractivity contribution in [3.05, 3.63) is 95.2 Å². The summed E-state index contributed by atoms with van der Waals surface area (Å²) < 4.78 is 12.8. The molecule has 3 aromatic carbocycles. The Bertz CT molecular complexity index is 1600. The van der Waals surface area contributed by atoms with Crippen LogP contribution in [0.1, 0.15) is 16.7 Å². The highest BCUT2D eigenvalue weighted by atomic mass is 16.7. The molecular formula is C28H21N3O5. The summed E-state index contributed by atoms with van der Waals surface area (Å²) in [6.07, 6.45) is 3.46. The third-order valence-corrected chi connectivity index (χ3v) is 6.27. The molecule has 1 saturated heterocycles. The van der Waals surface area contributed by atoms with Gasteiger partial charge < -0.3 is 14.0 Å². The molecule has 8 nitrogen and oxygen atoms in total. The monoisotopic (exact) mass is 479 g/mol. The van der Waals surface area contributed by atoms with Crippen LogP contribution in [0.5, 0.6) is 11.5 Å². The number of aryl methyl sites for hydroxylation is 1. The standard InChI is InChI=1S/C28H21N3O5/c1-17-5-4-6-18(11-17)14-30-15-19(21-7-2-3-8-23(21)30)12-22-26(32)29-28(34)31(27(22)33)20-9-10-24-25(13-20)36-16-35-24/h2-13,15H,14,16H2,1H3,(H,29,32,34)/b22-12+. The summed E-state index contributed by atoms with van der Waals surface area (Å²) in [6, 6.07) is 20.0. The molecule has 0 radical (unpaired) electrons. The molecule has 0 unspecified atom stereocenters. The Morgan fingerprint density at radius 2 is 1.78 bits per heavy atom. The van der Waals surface area contributed by atoms with Gasteiger partial charge in [-0.1, -0.05) is 48.0 Å². The minimum atomic E-state index is -0.817. The van der Waals surface area contributed by atoms with Gasteiger partial charge in [0.2, 0.25) is 6.79 Å². The molecule has 0 atom stereocenters. The number of carbonyl (C=O) groups is 3. The number of anilines is 1. The molecule has 0 bridgehead atoms. The Morgan fingerprint density at radius 3 is 2.64 bits per heavy atom. The van der Waals surface area contributed by atoms with E-state index in [9.17, 15) is 14.4 Å². The number of ether oxygens (including phenoxy) is 2. The van der Waals surface area contributed by atoms with Gasteiger partial charge in [-0.2, -0.15) is 0 Å². The summed E-state index contributed by atoms with van der Waals surface area (Å²) in [5.41, 5.74) is 4.13. The van der Waals surface area contributed by atoms with Gasteiger partial charge in [0, 0.05) is 35.3 Å². The average Bonchev–Trinajstić information content (AvgIpc) is 3.46. The van der Waals surface area contributed by atoms with Crippen LogP contribution < -0.4 is 19.7 Å². The molecule has 3 heterocycles. The van der Waals surface area contributed by atoms with Crippen molar-refractivity contribution in [1.82, 2.24) is 9.88 Å². The number of aromatic nitrogens is 1. The minimum Gasteiger partial charge on any atom is -0.454 e. The van der Waals surface area contributed by atoms with Crippen LogP contribution in [0, 0.1) is 6.92 Å². The molecule has 0 saturated carbocycles. The van der Waals surface area contributed by atoms with Crippen molar-refractivity contribution in [2.24, 2.45) is 0 Å². The molecule has 36 heavy (non-hydrogen) atoms. The Labute approximate surface area is 206 Å². The van der Waals surface area contributed by atoms with E-state index in [4.69, 9.17) is 9.47 Å². The van der Waals surface area contributed by atoms with Crippen LogP contribution in [0.25, 0.3) is 17.0 Å². The number of barbiturate groups is 1. The van der Waals surface area contributed by atoms with Crippen LogP contribution in [0.15, 0.2) is 78.5 Å². The maximum atomic E-state index is 13.4. The summed E-state index contributed by atoms with van der Waals surface area (Å²) in [4.78, 5) is 39.7. The molecule has 4 amide bonds. The number of hydrogen-bond acceptors (Lipinski definition) is 5.